The Morgan fingerprint density at radius 2 is 1.44 bits per heavy atom. The lowest BCUT2D eigenvalue weighted by Crippen LogP contribution is -2.34. The van der Waals surface area contributed by atoms with Gasteiger partial charge in [0.2, 0.25) is 5.75 Å². The van der Waals surface area contributed by atoms with Gasteiger partial charge in [0.1, 0.15) is 22.6 Å². The number of ether oxygens (including phenoxy) is 5. The van der Waals surface area contributed by atoms with E-state index < -0.39 is 28.6 Å². The Balaban J connectivity index is 2.14. The van der Waals surface area contributed by atoms with Gasteiger partial charge in [-0.1, -0.05) is 0 Å². The molecule has 39 heavy (non-hydrogen) atoms. The van der Waals surface area contributed by atoms with E-state index in [0.29, 0.717) is 17.2 Å². The third-order valence-corrected chi connectivity index (χ3v) is 6.29. The van der Waals surface area contributed by atoms with Crippen molar-refractivity contribution in [2.75, 3.05) is 47.5 Å². The molecule has 1 amide bonds. The maximum Gasteiger partial charge on any atom is 0.272 e. The van der Waals surface area contributed by atoms with Crippen LogP contribution in [0.25, 0.3) is 16.6 Å². The van der Waals surface area contributed by atoms with Gasteiger partial charge in [0, 0.05) is 24.2 Å². The number of aromatic nitrogens is 1. The molecule has 0 bridgehead atoms. The van der Waals surface area contributed by atoms with Crippen LogP contribution in [0.15, 0.2) is 53.3 Å². The number of benzene rings is 3. The zero-order chi connectivity index (χ0) is 28.4. The summed E-state index contributed by atoms with van der Waals surface area (Å²) < 4.78 is 42.0. The Labute approximate surface area is 223 Å². The van der Waals surface area contributed by atoms with E-state index in [9.17, 15) is 19.1 Å². The highest BCUT2D eigenvalue weighted by molar-refractivity contribution is 6.11. The summed E-state index contributed by atoms with van der Waals surface area (Å²) in [7, 11) is 8.51. The number of carbonyl (C=O) groups excluding carboxylic acids is 1. The zero-order valence-electron chi connectivity index (χ0n) is 22.2. The van der Waals surface area contributed by atoms with Gasteiger partial charge in [0.15, 0.2) is 23.0 Å². The molecule has 0 fully saturated rings. The first kappa shape index (κ1) is 27.1. The number of nitrogens with zero attached hydrogens (tertiary/aromatic N) is 2. The molecular weight excluding hydrogens is 511 g/mol. The monoisotopic (exact) mass is 538 g/mol. The van der Waals surface area contributed by atoms with Crippen LogP contribution in [-0.4, -0.2) is 58.2 Å². The summed E-state index contributed by atoms with van der Waals surface area (Å²) in [6, 6.07) is 11.3. The highest BCUT2D eigenvalue weighted by atomic mass is 19.1. The second-order valence-corrected chi connectivity index (χ2v) is 8.29. The van der Waals surface area contributed by atoms with Crippen LogP contribution in [0, 0.1) is 5.82 Å². The molecule has 0 saturated carbocycles. The first-order valence-corrected chi connectivity index (χ1v) is 11.6. The largest absolute Gasteiger partial charge is 0.506 e. The molecule has 0 unspecified atom stereocenters. The summed E-state index contributed by atoms with van der Waals surface area (Å²) in [5.41, 5.74) is -0.671. The van der Waals surface area contributed by atoms with Gasteiger partial charge in [0.05, 0.1) is 41.2 Å². The van der Waals surface area contributed by atoms with Gasteiger partial charge in [-0.05, 0) is 42.5 Å². The molecule has 11 heteroatoms. The molecule has 1 N–H and O–H groups in total. The summed E-state index contributed by atoms with van der Waals surface area (Å²) in [6.07, 6.45) is 0. The van der Waals surface area contributed by atoms with Crippen molar-refractivity contribution in [2.24, 2.45) is 0 Å². The lowest BCUT2D eigenvalue weighted by Gasteiger charge is -2.22. The number of hydrogen-bond donors (Lipinski definition) is 1. The second kappa shape index (κ2) is 10.8. The maximum atomic E-state index is 14.1. The Morgan fingerprint density at radius 3 is 2.00 bits per heavy atom. The Hall–Kier alpha value is -4.93. The summed E-state index contributed by atoms with van der Waals surface area (Å²) in [5.74, 6) is -0.728. The molecular formula is C28H27FN2O8. The number of methoxy groups -OCH3 is 5. The smallest absolute Gasteiger partial charge is 0.272 e. The fourth-order valence-electron chi connectivity index (χ4n) is 4.35. The lowest BCUT2D eigenvalue weighted by molar-refractivity contribution is 0.0989. The fraction of sp³-hybridized carbons (Fsp3) is 0.214. The SMILES string of the molecule is COc1ccc(-n2c(=O)c(C(=O)N(C)c3ccc(F)cc3)c(O)c3cc(OC)c(OC)c(OC)c32)cc1OC. The quantitative estimate of drug-likeness (QED) is 0.356. The summed E-state index contributed by atoms with van der Waals surface area (Å²) in [4.78, 5) is 28.9. The Bertz CT molecular complexity index is 1620. The Morgan fingerprint density at radius 1 is 0.821 bits per heavy atom. The molecule has 204 valence electrons. The molecule has 0 aliphatic rings. The van der Waals surface area contributed by atoms with Gasteiger partial charge in [-0.2, -0.15) is 0 Å². The number of amides is 1. The zero-order valence-corrected chi connectivity index (χ0v) is 22.2. The fourth-order valence-corrected chi connectivity index (χ4v) is 4.35. The van der Waals surface area contributed by atoms with Crippen molar-refractivity contribution in [3.05, 3.63) is 70.3 Å². The maximum absolute atomic E-state index is 14.1. The summed E-state index contributed by atoms with van der Waals surface area (Å²) >= 11 is 0. The number of hydrogen-bond acceptors (Lipinski definition) is 8. The number of fused-ring (bicyclic) bond motifs is 1. The molecule has 1 heterocycles. The van der Waals surface area contributed by atoms with E-state index in [1.165, 1.54) is 77.5 Å². The van der Waals surface area contributed by atoms with Crippen molar-refractivity contribution < 1.29 is 38.0 Å². The summed E-state index contributed by atoms with van der Waals surface area (Å²) in [6.45, 7) is 0. The van der Waals surface area contributed by atoms with E-state index in [2.05, 4.69) is 0 Å². The van der Waals surface area contributed by atoms with E-state index in [4.69, 9.17) is 23.7 Å². The number of anilines is 1. The minimum Gasteiger partial charge on any atom is -0.506 e. The lowest BCUT2D eigenvalue weighted by atomic mass is 10.1. The third kappa shape index (κ3) is 4.52. The van der Waals surface area contributed by atoms with Crippen LogP contribution in [0.4, 0.5) is 10.1 Å². The van der Waals surface area contributed by atoms with Crippen molar-refractivity contribution in [1.82, 2.24) is 4.57 Å². The minimum atomic E-state index is -0.850. The minimum absolute atomic E-state index is 0.0785. The molecule has 0 aliphatic heterocycles. The molecule has 10 nitrogen and oxygen atoms in total. The molecule has 3 aromatic carbocycles. The van der Waals surface area contributed by atoms with Gasteiger partial charge >= 0.3 is 0 Å². The van der Waals surface area contributed by atoms with Crippen LogP contribution in [-0.2, 0) is 0 Å². The van der Waals surface area contributed by atoms with Gasteiger partial charge in [-0.3, -0.25) is 14.2 Å². The van der Waals surface area contributed by atoms with E-state index in [-0.39, 0.29) is 33.8 Å². The topological polar surface area (TPSA) is 109 Å². The van der Waals surface area contributed by atoms with Crippen LogP contribution < -0.4 is 34.1 Å². The van der Waals surface area contributed by atoms with Crippen LogP contribution in [0.5, 0.6) is 34.5 Å². The van der Waals surface area contributed by atoms with E-state index in [1.807, 2.05) is 0 Å². The molecule has 0 atom stereocenters. The molecule has 4 rings (SSSR count). The molecule has 0 saturated heterocycles. The first-order chi connectivity index (χ1) is 18.7. The predicted molar refractivity (Wildman–Crippen MR) is 143 cm³/mol. The number of halogens is 1. The number of aromatic hydroxyl groups is 1. The van der Waals surface area contributed by atoms with Crippen molar-refractivity contribution >= 4 is 22.5 Å². The third-order valence-electron chi connectivity index (χ3n) is 6.29. The number of rotatable bonds is 8. The predicted octanol–water partition coefficient (Wildman–Crippen LogP) is 4.16. The normalized spacial score (nSPS) is 10.7. The molecule has 0 spiro atoms. The van der Waals surface area contributed by atoms with Gasteiger partial charge < -0.3 is 33.7 Å². The standard InChI is InChI=1S/C28H27FN2O8/c1-30(16-9-7-15(29)8-10-16)27(33)22-24(32)18-14-21(37-4)25(38-5)26(39-6)23(18)31(28(22)34)17-11-12-19(35-2)20(13-17)36-3/h7-14,32H,1-6H3. The average molecular weight is 539 g/mol. The van der Waals surface area contributed by atoms with Crippen LogP contribution in [0.3, 0.4) is 0 Å². The van der Waals surface area contributed by atoms with Gasteiger partial charge in [-0.25, -0.2) is 4.39 Å². The second-order valence-electron chi connectivity index (χ2n) is 8.29. The van der Waals surface area contributed by atoms with Crippen LogP contribution in [0.1, 0.15) is 10.4 Å². The number of pyridine rings is 1. The molecule has 0 radical (unpaired) electrons. The van der Waals surface area contributed by atoms with Crippen molar-refractivity contribution in [1.29, 1.82) is 0 Å². The van der Waals surface area contributed by atoms with Crippen molar-refractivity contribution in [2.45, 2.75) is 0 Å². The van der Waals surface area contributed by atoms with E-state index >= 15 is 0 Å². The van der Waals surface area contributed by atoms with E-state index in [1.54, 1.807) is 18.2 Å². The highest BCUT2D eigenvalue weighted by Crippen LogP contribution is 2.46. The van der Waals surface area contributed by atoms with E-state index in [0.717, 1.165) is 4.90 Å². The average Bonchev–Trinajstić information content (AvgIpc) is 2.95. The van der Waals surface area contributed by atoms with Gasteiger partial charge in [-0.15, -0.1) is 0 Å². The van der Waals surface area contributed by atoms with Crippen LogP contribution >= 0.6 is 0 Å². The summed E-state index contributed by atoms with van der Waals surface area (Å²) in [5, 5.41) is 11.5. The van der Waals surface area contributed by atoms with Gasteiger partial charge in [0.25, 0.3) is 11.5 Å². The Kier molecular flexibility index (Phi) is 7.52. The van der Waals surface area contributed by atoms with Crippen molar-refractivity contribution in [3.8, 4) is 40.2 Å². The molecule has 4 aromatic rings. The molecule has 1 aromatic heterocycles. The first-order valence-electron chi connectivity index (χ1n) is 11.6. The van der Waals surface area contributed by atoms with Crippen LogP contribution in [0.2, 0.25) is 0 Å². The number of carbonyl (C=O) groups is 1. The molecule has 0 aliphatic carbocycles. The highest BCUT2D eigenvalue weighted by Gasteiger charge is 2.30. The van der Waals surface area contributed by atoms with Crippen molar-refractivity contribution in [3.63, 3.8) is 0 Å².